The number of nitrogens with zero attached hydrogens (tertiary/aromatic N) is 3. The molecular formula is C20H19ClFN3O2. The van der Waals surface area contributed by atoms with Gasteiger partial charge in [-0.05, 0) is 42.5 Å². The van der Waals surface area contributed by atoms with Crippen molar-refractivity contribution >= 4 is 34.8 Å². The van der Waals surface area contributed by atoms with Crippen LogP contribution in [0.1, 0.15) is 6.42 Å². The molecule has 2 aromatic carbocycles. The first-order chi connectivity index (χ1) is 13.0. The van der Waals surface area contributed by atoms with Crippen LogP contribution in [0.15, 0.2) is 48.5 Å². The zero-order valence-corrected chi connectivity index (χ0v) is 15.4. The molecule has 2 aromatic rings. The molecule has 2 fully saturated rings. The molecule has 27 heavy (non-hydrogen) atoms. The van der Waals surface area contributed by atoms with Crippen LogP contribution in [-0.4, -0.2) is 48.9 Å². The second-order valence-electron chi connectivity index (χ2n) is 6.77. The van der Waals surface area contributed by atoms with Gasteiger partial charge in [-0.15, -0.1) is 0 Å². The van der Waals surface area contributed by atoms with Crippen molar-refractivity contribution in [1.29, 1.82) is 0 Å². The summed E-state index contributed by atoms with van der Waals surface area (Å²) in [6.45, 7) is 2.79. The Morgan fingerprint density at radius 1 is 0.926 bits per heavy atom. The van der Waals surface area contributed by atoms with Gasteiger partial charge in [0.1, 0.15) is 5.82 Å². The van der Waals surface area contributed by atoms with E-state index in [4.69, 9.17) is 11.6 Å². The highest BCUT2D eigenvalue weighted by atomic mass is 35.5. The molecule has 5 nitrogen and oxygen atoms in total. The van der Waals surface area contributed by atoms with Crippen LogP contribution in [-0.2, 0) is 9.59 Å². The minimum atomic E-state index is -0.438. The summed E-state index contributed by atoms with van der Waals surface area (Å²) in [4.78, 5) is 30.8. The Bertz CT molecular complexity index is 866. The lowest BCUT2D eigenvalue weighted by molar-refractivity contribution is -0.123. The number of piperazine rings is 1. The molecule has 0 N–H and O–H groups in total. The molecule has 1 atom stereocenters. The third-order valence-electron chi connectivity index (χ3n) is 5.14. The third kappa shape index (κ3) is 3.55. The van der Waals surface area contributed by atoms with Gasteiger partial charge in [0.05, 0.1) is 18.2 Å². The minimum Gasteiger partial charge on any atom is -0.369 e. The van der Waals surface area contributed by atoms with E-state index in [1.54, 1.807) is 36.4 Å². The predicted molar refractivity (Wildman–Crippen MR) is 103 cm³/mol. The number of rotatable bonds is 3. The topological polar surface area (TPSA) is 43.9 Å². The van der Waals surface area contributed by atoms with Gasteiger partial charge in [0, 0.05) is 36.9 Å². The zero-order valence-electron chi connectivity index (χ0n) is 14.6. The van der Waals surface area contributed by atoms with Gasteiger partial charge in [0.2, 0.25) is 5.91 Å². The fraction of sp³-hybridized carbons (Fsp3) is 0.300. The van der Waals surface area contributed by atoms with Crippen molar-refractivity contribution in [2.75, 3.05) is 36.0 Å². The number of hydrogen-bond donors (Lipinski definition) is 0. The van der Waals surface area contributed by atoms with Crippen LogP contribution in [0.5, 0.6) is 0 Å². The molecule has 7 heteroatoms. The molecule has 0 aromatic heterocycles. The molecule has 0 bridgehead atoms. The van der Waals surface area contributed by atoms with Crippen molar-refractivity contribution in [3.05, 3.63) is 59.4 Å². The van der Waals surface area contributed by atoms with Crippen LogP contribution < -0.4 is 9.80 Å². The van der Waals surface area contributed by atoms with E-state index in [1.165, 1.54) is 17.0 Å². The fourth-order valence-corrected chi connectivity index (χ4v) is 3.92. The van der Waals surface area contributed by atoms with Gasteiger partial charge in [-0.2, -0.15) is 0 Å². The van der Waals surface area contributed by atoms with E-state index in [1.807, 2.05) is 0 Å². The summed E-state index contributed by atoms with van der Waals surface area (Å²) in [5.41, 5.74) is 1.48. The number of halogens is 2. The fourth-order valence-electron chi connectivity index (χ4n) is 3.73. The molecule has 0 unspecified atom stereocenters. The van der Waals surface area contributed by atoms with Crippen LogP contribution in [0.2, 0.25) is 5.02 Å². The van der Waals surface area contributed by atoms with Crippen LogP contribution in [0.3, 0.4) is 0 Å². The molecule has 2 saturated heterocycles. The Kier molecular flexibility index (Phi) is 4.85. The maximum Gasteiger partial charge on any atom is 0.251 e. The first-order valence-corrected chi connectivity index (χ1v) is 9.27. The van der Waals surface area contributed by atoms with Crippen molar-refractivity contribution < 1.29 is 14.0 Å². The molecule has 0 radical (unpaired) electrons. The van der Waals surface area contributed by atoms with Crippen LogP contribution in [0.4, 0.5) is 15.8 Å². The summed E-state index contributed by atoms with van der Waals surface area (Å²) in [6.07, 6.45) is 0.182. The Hall–Kier alpha value is -2.44. The molecule has 0 spiro atoms. The number of benzene rings is 2. The molecule has 0 saturated carbocycles. The van der Waals surface area contributed by atoms with Crippen molar-refractivity contribution in [3.8, 4) is 0 Å². The van der Waals surface area contributed by atoms with Gasteiger partial charge in [0.15, 0.2) is 0 Å². The summed E-state index contributed by atoms with van der Waals surface area (Å²) < 4.78 is 13.1. The lowest BCUT2D eigenvalue weighted by Crippen LogP contribution is -2.52. The van der Waals surface area contributed by atoms with E-state index in [-0.39, 0.29) is 24.1 Å². The highest BCUT2D eigenvalue weighted by molar-refractivity contribution is 6.31. The van der Waals surface area contributed by atoms with Gasteiger partial charge in [-0.25, -0.2) is 9.29 Å². The van der Waals surface area contributed by atoms with E-state index in [0.29, 0.717) is 23.8 Å². The normalized spacial score (nSPS) is 21.2. The van der Waals surface area contributed by atoms with Crippen molar-refractivity contribution in [2.45, 2.75) is 12.5 Å². The Morgan fingerprint density at radius 3 is 2.30 bits per heavy atom. The summed E-state index contributed by atoms with van der Waals surface area (Å²) >= 11 is 6.00. The highest BCUT2D eigenvalue weighted by Gasteiger charge is 2.43. The van der Waals surface area contributed by atoms with Gasteiger partial charge >= 0.3 is 0 Å². The first-order valence-electron chi connectivity index (χ1n) is 8.90. The Balaban J connectivity index is 1.44. The van der Waals surface area contributed by atoms with Crippen LogP contribution in [0.25, 0.3) is 0 Å². The molecule has 2 aliphatic rings. The van der Waals surface area contributed by atoms with Crippen LogP contribution in [0, 0.1) is 5.82 Å². The lowest BCUT2D eigenvalue weighted by atomic mass is 10.1. The van der Waals surface area contributed by atoms with Crippen molar-refractivity contribution in [2.24, 2.45) is 0 Å². The molecule has 0 aliphatic carbocycles. The Labute approximate surface area is 161 Å². The zero-order chi connectivity index (χ0) is 19.0. The predicted octanol–water partition coefficient (Wildman–Crippen LogP) is 2.93. The van der Waals surface area contributed by atoms with E-state index in [0.717, 1.165) is 18.8 Å². The molecule has 140 valence electrons. The van der Waals surface area contributed by atoms with Crippen molar-refractivity contribution in [1.82, 2.24) is 4.90 Å². The summed E-state index contributed by atoms with van der Waals surface area (Å²) in [5, 5.41) is 0.490. The number of carbonyl (C=O) groups is 2. The van der Waals surface area contributed by atoms with Crippen LogP contribution >= 0.6 is 11.6 Å². The Morgan fingerprint density at radius 2 is 1.63 bits per heavy atom. The SMILES string of the molecule is O=C1C[C@@H](N2CCN(c3ccc(F)cc3)CC2)C(=O)N1c1cccc(Cl)c1. The maximum atomic E-state index is 13.1. The smallest absolute Gasteiger partial charge is 0.251 e. The number of carbonyl (C=O) groups excluding carboxylic acids is 2. The number of amides is 2. The largest absolute Gasteiger partial charge is 0.369 e. The molecule has 2 amide bonds. The summed E-state index contributed by atoms with van der Waals surface area (Å²) in [5.74, 6) is -0.653. The second-order valence-corrected chi connectivity index (χ2v) is 7.20. The summed E-state index contributed by atoms with van der Waals surface area (Å²) in [6, 6.07) is 12.8. The van der Waals surface area contributed by atoms with Gasteiger partial charge in [-0.3, -0.25) is 14.5 Å². The van der Waals surface area contributed by atoms with Gasteiger partial charge < -0.3 is 4.90 Å². The lowest BCUT2D eigenvalue weighted by Gasteiger charge is -2.38. The monoisotopic (exact) mass is 387 g/mol. The maximum absolute atomic E-state index is 13.1. The standard InChI is InChI=1S/C20H19ClFN3O2/c21-14-2-1-3-17(12-14)25-19(26)13-18(20(25)27)24-10-8-23(9-11-24)16-6-4-15(22)5-7-16/h1-7,12,18H,8-11,13H2/t18-/m1/s1. The quantitative estimate of drug-likeness (QED) is 0.759. The first kappa shape index (κ1) is 17.9. The van der Waals surface area contributed by atoms with E-state index in [9.17, 15) is 14.0 Å². The average Bonchev–Trinajstić information content (AvgIpc) is 2.97. The molecule has 4 rings (SSSR count). The third-order valence-corrected chi connectivity index (χ3v) is 5.37. The van der Waals surface area contributed by atoms with Gasteiger partial charge in [-0.1, -0.05) is 17.7 Å². The number of anilines is 2. The number of imide groups is 1. The second kappa shape index (κ2) is 7.29. The van der Waals surface area contributed by atoms with E-state index >= 15 is 0 Å². The van der Waals surface area contributed by atoms with E-state index in [2.05, 4.69) is 9.80 Å². The highest BCUT2D eigenvalue weighted by Crippen LogP contribution is 2.28. The molecule has 2 aliphatic heterocycles. The molecular weight excluding hydrogens is 369 g/mol. The van der Waals surface area contributed by atoms with Crippen molar-refractivity contribution in [3.63, 3.8) is 0 Å². The average molecular weight is 388 g/mol. The minimum absolute atomic E-state index is 0.182. The number of hydrogen-bond acceptors (Lipinski definition) is 4. The molecule has 2 heterocycles. The van der Waals surface area contributed by atoms with E-state index < -0.39 is 6.04 Å². The summed E-state index contributed by atoms with van der Waals surface area (Å²) in [7, 11) is 0. The van der Waals surface area contributed by atoms with Gasteiger partial charge in [0.25, 0.3) is 5.91 Å².